The van der Waals surface area contributed by atoms with Crippen LogP contribution < -0.4 is 5.32 Å². The van der Waals surface area contributed by atoms with Gasteiger partial charge in [-0.2, -0.15) is 0 Å². The predicted octanol–water partition coefficient (Wildman–Crippen LogP) is 4.92. The van der Waals surface area contributed by atoms with Gasteiger partial charge in [0.1, 0.15) is 11.8 Å². The first-order valence-corrected chi connectivity index (χ1v) is 11.9. The number of nitrogens with one attached hydrogen (secondary N) is 1. The summed E-state index contributed by atoms with van der Waals surface area (Å²) in [5, 5.41) is 3.85. The van der Waals surface area contributed by atoms with Gasteiger partial charge in [-0.3, -0.25) is 9.36 Å². The fourth-order valence-corrected chi connectivity index (χ4v) is 4.44. The second-order valence-corrected chi connectivity index (χ2v) is 9.85. The van der Waals surface area contributed by atoms with Crippen LogP contribution in [-0.2, 0) is 21.1 Å². The highest BCUT2D eigenvalue weighted by Gasteiger charge is 2.19. The average molecular weight is 474 g/mol. The Morgan fingerprint density at radius 1 is 1.06 bits per heavy atom. The van der Waals surface area contributed by atoms with E-state index >= 15 is 0 Å². The molecule has 0 spiro atoms. The van der Waals surface area contributed by atoms with Crippen LogP contribution in [0.25, 0.3) is 16.7 Å². The fraction of sp³-hybridized carbons (Fsp3) is 0.0909. The number of carbonyl (C=O) groups excluding carboxylic acids is 1. The number of hydrogen-bond acceptors (Lipinski definition) is 4. The van der Waals surface area contributed by atoms with Gasteiger partial charge in [-0.25, -0.2) is 13.4 Å². The van der Waals surface area contributed by atoms with E-state index < -0.39 is 9.84 Å². The van der Waals surface area contributed by atoms with Gasteiger partial charge in [0.2, 0.25) is 5.91 Å². The highest BCUT2D eigenvalue weighted by Crippen LogP contribution is 2.29. The molecular formula is C22H17Cl2N3O3S. The molecule has 0 radical (unpaired) electrons. The maximum absolute atomic E-state index is 12.6. The number of anilines is 1. The minimum atomic E-state index is -3.60. The first-order chi connectivity index (χ1) is 14.7. The molecule has 0 bridgehead atoms. The summed E-state index contributed by atoms with van der Waals surface area (Å²) in [6.07, 6.45) is 2.71. The largest absolute Gasteiger partial charge is 0.326 e. The van der Waals surface area contributed by atoms with Crippen molar-refractivity contribution in [1.82, 2.24) is 9.55 Å². The Balaban J connectivity index is 1.76. The Kier molecular flexibility index (Phi) is 5.75. The predicted molar refractivity (Wildman–Crippen MR) is 123 cm³/mol. The molecule has 4 aromatic rings. The van der Waals surface area contributed by atoms with Crippen LogP contribution in [0, 0.1) is 0 Å². The van der Waals surface area contributed by atoms with Crippen LogP contribution in [0.5, 0.6) is 0 Å². The van der Waals surface area contributed by atoms with Crippen LogP contribution in [0.1, 0.15) is 5.56 Å². The molecule has 0 aliphatic rings. The number of amides is 1. The molecule has 0 saturated heterocycles. The first-order valence-electron chi connectivity index (χ1n) is 9.23. The SMILES string of the molecule is CS(=O)(=O)c1cc(NC(=O)Cc2ccccc2Cl)cc2c1ncn2-c1ccc(Cl)cc1. The van der Waals surface area contributed by atoms with Crippen LogP contribution in [0.4, 0.5) is 5.69 Å². The lowest BCUT2D eigenvalue weighted by Gasteiger charge is -2.11. The molecule has 0 saturated carbocycles. The number of fused-ring (bicyclic) bond motifs is 1. The fourth-order valence-electron chi connectivity index (χ4n) is 3.27. The molecule has 0 aliphatic carbocycles. The zero-order chi connectivity index (χ0) is 22.2. The molecule has 0 fully saturated rings. The zero-order valence-corrected chi connectivity index (χ0v) is 18.7. The molecule has 1 amide bonds. The molecule has 3 aromatic carbocycles. The van der Waals surface area contributed by atoms with E-state index in [0.717, 1.165) is 11.9 Å². The van der Waals surface area contributed by atoms with Crippen molar-refractivity contribution in [2.24, 2.45) is 0 Å². The Labute approximate surface area is 189 Å². The van der Waals surface area contributed by atoms with Gasteiger partial charge in [-0.05, 0) is 48.0 Å². The van der Waals surface area contributed by atoms with Crippen molar-refractivity contribution in [3.63, 3.8) is 0 Å². The number of aromatic nitrogens is 2. The van der Waals surface area contributed by atoms with Crippen LogP contribution in [-0.4, -0.2) is 30.1 Å². The third-order valence-electron chi connectivity index (χ3n) is 4.71. The van der Waals surface area contributed by atoms with E-state index in [1.54, 1.807) is 59.2 Å². The minimum Gasteiger partial charge on any atom is -0.326 e. The van der Waals surface area contributed by atoms with E-state index in [4.69, 9.17) is 23.2 Å². The molecule has 158 valence electrons. The van der Waals surface area contributed by atoms with Gasteiger partial charge in [0.15, 0.2) is 9.84 Å². The molecule has 9 heteroatoms. The van der Waals surface area contributed by atoms with Crippen molar-refractivity contribution in [2.45, 2.75) is 11.3 Å². The van der Waals surface area contributed by atoms with E-state index in [1.807, 2.05) is 0 Å². The number of sulfone groups is 1. The summed E-state index contributed by atoms with van der Waals surface area (Å²) in [5.74, 6) is -0.315. The van der Waals surface area contributed by atoms with Crippen LogP contribution in [0.2, 0.25) is 10.0 Å². The van der Waals surface area contributed by atoms with Crippen LogP contribution in [0.3, 0.4) is 0 Å². The molecule has 31 heavy (non-hydrogen) atoms. The number of rotatable bonds is 5. The second kappa shape index (κ2) is 8.34. The number of carbonyl (C=O) groups is 1. The third kappa shape index (κ3) is 4.58. The lowest BCUT2D eigenvalue weighted by molar-refractivity contribution is -0.115. The highest BCUT2D eigenvalue weighted by molar-refractivity contribution is 7.91. The van der Waals surface area contributed by atoms with Crippen LogP contribution >= 0.6 is 23.2 Å². The summed E-state index contributed by atoms with van der Waals surface area (Å²) in [7, 11) is -3.60. The third-order valence-corrected chi connectivity index (χ3v) is 6.44. The number of benzene rings is 3. The maximum atomic E-state index is 12.6. The number of halogens is 2. The van der Waals surface area contributed by atoms with Gasteiger partial charge < -0.3 is 5.32 Å². The molecule has 0 unspecified atom stereocenters. The van der Waals surface area contributed by atoms with Crippen molar-refractivity contribution < 1.29 is 13.2 Å². The normalized spacial score (nSPS) is 11.6. The monoisotopic (exact) mass is 473 g/mol. The Morgan fingerprint density at radius 3 is 2.45 bits per heavy atom. The van der Waals surface area contributed by atoms with Gasteiger partial charge in [-0.1, -0.05) is 41.4 Å². The van der Waals surface area contributed by atoms with Gasteiger partial charge in [0, 0.05) is 27.7 Å². The standard InChI is InChI=1S/C22H17Cl2N3O3S/c1-31(29,30)20-12-16(26-21(28)10-14-4-2-3-5-18(14)24)11-19-22(20)25-13-27(19)17-8-6-15(23)7-9-17/h2-9,11-13H,10H2,1H3,(H,26,28). The van der Waals surface area contributed by atoms with E-state index in [1.165, 1.54) is 12.4 Å². The molecule has 1 heterocycles. The summed E-state index contributed by atoms with van der Waals surface area (Å²) in [6.45, 7) is 0. The van der Waals surface area contributed by atoms with Crippen molar-refractivity contribution in [3.8, 4) is 5.69 Å². The van der Waals surface area contributed by atoms with Crippen molar-refractivity contribution in [2.75, 3.05) is 11.6 Å². The number of imidazole rings is 1. The van der Waals surface area contributed by atoms with Crippen molar-refractivity contribution >= 4 is 55.7 Å². The first kappa shape index (κ1) is 21.4. The smallest absolute Gasteiger partial charge is 0.228 e. The molecule has 4 rings (SSSR count). The van der Waals surface area contributed by atoms with Gasteiger partial charge in [-0.15, -0.1) is 0 Å². The molecule has 6 nitrogen and oxygen atoms in total. The lowest BCUT2D eigenvalue weighted by atomic mass is 10.1. The second-order valence-electron chi connectivity index (χ2n) is 7.02. The van der Waals surface area contributed by atoms with E-state index in [-0.39, 0.29) is 17.2 Å². The van der Waals surface area contributed by atoms with Crippen molar-refractivity contribution in [3.05, 3.63) is 82.6 Å². The molecule has 0 atom stereocenters. The Bertz CT molecular complexity index is 1400. The Hall–Kier alpha value is -2.87. The molecular weight excluding hydrogens is 457 g/mol. The molecule has 1 aromatic heterocycles. The zero-order valence-electron chi connectivity index (χ0n) is 16.3. The number of hydrogen-bond donors (Lipinski definition) is 1. The lowest BCUT2D eigenvalue weighted by Crippen LogP contribution is -2.15. The van der Waals surface area contributed by atoms with Gasteiger partial charge >= 0.3 is 0 Å². The average Bonchev–Trinajstić information content (AvgIpc) is 3.13. The van der Waals surface area contributed by atoms with E-state index in [2.05, 4.69) is 10.3 Å². The topological polar surface area (TPSA) is 81.1 Å². The summed E-state index contributed by atoms with van der Waals surface area (Å²) in [6, 6.07) is 17.2. The molecule has 0 aliphatic heterocycles. The Morgan fingerprint density at radius 2 is 1.77 bits per heavy atom. The summed E-state index contributed by atoms with van der Waals surface area (Å²) < 4.78 is 26.6. The van der Waals surface area contributed by atoms with Crippen LogP contribution in [0.15, 0.2) is 71.9 Å². The summed E-state index contributed by atoms with van der Waals surface area (Å²) >= 11 is 12.1. The maximum Gasteiger partial charge on any atom is 0.228 e. The summed E-state index contributed by atoms with van der Waals surface area (Å²) in [4.78, 5) is 16.9. The van der Waals surface area contributed by atoms with E-state index in [0.29, 0.717) is 32.3 Å². The minimum absolute atomic E-state index is 0.0331. The van der Waals surface area contributed by atoms with Crippen molar-refractivity contribution in [1.29, 1.82) is 0 Å². The summed E-state index contributed by atoms with van der Waals surface area (Å²) in [5.41, 5.74) is 2.64. The number of nitrogens with zero attached hydrogens (tertiary/aromatic N) is 2. The highest BCUT2D eigenvalue weighted by atomic mass is 35.5. The molecule has 1 N–H and O–H groups in total. The van der Waals surface area contributed by atoms with Gasteiger partial charge in [0.25, 0.3) is 0 Å². The quantitative estimate of drug-likeness (QED) is 0.446. The van der Waals surface area contributed by atoms with E-state index in [9.17, 15) is 13.2 Å². The van der Waals surface area contributed by atoms with Gasteiger partial charge in [0.05, 0.1) is 16.8 Å².